The minimum Gasteiger partial charge on any atom is -0.462 e. The first kappa shape index (κ1) is 18.5. The first-order valence-electron chi connectivity index (χ1n) is 9.22. The van der Waals surface area contributed by atoms with Gasteiger partial charge in [0.25, 0.3) is 0 Å². The van der Waals surface area contributed by atoms with Crippen LogP contribution in [0.4, 0.5) is 0 Å². The van der Waals surface area contributed by atoms with E-state index in [1.807, 2.05) is 30.3 Å². The molecule has 0 saturated carbocycles. The van der Waals surface area contributed by atoms with Crippen LogP contribution in [0.1, 0.15) is 33.6 Å². The van der Waals surface area contributed by atoms with Crippen LogP contribution in [0.5, 0.6) is 0 Å². The smallest absolute Gasteiger partial charge is 0.338 e. The maximum Gasteiger partial charge on any atom is 0.338 e. The molecule has 0 amide bonds. The SMILES string of the molecule is CCOC(=O)c1ccc(-c2ccc(/C=C/C(=O)c3cc4ccccc4o3)o2)cc1. The number of carbonyl (C=O) groups excluding carboxylic acids is 2. The summed E-state index contributed by atoms with van der Waals surface area (Å²) in [5, 5.41) is 0.885. The van der Waals surface area contributed by atoms with E-state index in [9.17, 15) is 9.59 Å². The predicted molar refractivity (Wildman–Crippen MR) is 110 cm³/mol. The number of ketones is 1. The number of esters is 1. The monoisotopic (exact) mass is 386 g/mol. The average Bonchev–Trinajstić information content (AvgIpc) is 3.39. The van der Waals surface area contributed by atoms with Gasteiger partial charge in [0, 0.05) is 10.9 Å². The van der Waals surface area contributed by atoms with E-state index in [1.165, 1.54) is 6.08 Å². The number of furan rings is 2. The Morgan fingerprint density at radius 2 is 1.76 bits per heavy atom. The van der Waals surface area contributed by atoms with Crippen LogP contribution in [0.3, 0.4) is 0 Å². The zero-order chi connectivity index (χ0) is 20.2. The molecule has 4 aromatic rings. The topological polar surface area (TPSA) is 69.7 Å². The van der Waals surface area contributed by atoms with Crippen LogP contribution in [0.25, 0.3) is 28.4 Å². The number of para-hydroxylation sites is 1. The van der Waals surface area contributed by atoms with Crippen molar-refractivity contribution in [3.05, 3.63) is 89.9 Å². The van der Waals surface area contributed by atoms with Gasteiger partial charge in [-0.1, -0.05) is 30.3 Å². The highest BCUT2D eigenvalue weighted by atomic mass is 16.5. The summed E-state index contributed by atoms with van der Waals surface area (Å²) in [7, 11) is 0. The number of carbonyl (C=O) groups is 2. The molecule has 5 heteroatoms. The quantitative estimate of drug-likeness (QED) is 0.239. The summed E-state index contributed by atoms with van der Waals surface area (Å²) in [5.41, 5.74) is 1.98. The summed E-state index contributed by atoms with van der Waals surface area (Å²) >= 11 is 0. The van der Waals surface area contributed by atoms with Crippen LogP contribution < -0.4 is 0 Å². The summed E-state index contributed by atoms with van der Waals surface area (Å²) in [5.74, 6) is 0.864. The van der Waals surface area contributed by atoms with Crippen molar-refractivity contribution in [2.45, 2.75) is 6.92 Å². The number of benzene rings is 2. The molecule has 0 aliphatic rings. The molecule has 0 N–H and O–H groups in total. The van der Waals surface area contributed by atoms with E-state index in [-0.39, 0.29) is 17.5 Å². The lowest BCUT2D eigenvalue weighted by Crippen LogP contribution is -2.03. The molecule has 0 unspecified atom stereocenters. The predicted octanol–water partition coefficient (Wildman–Crippen LogP) is 5.77. The van der Waals surface area contributed by atoms with Crippen LogP contribution in [0, 0.1) is 0 Å². The lowest BCUT2D eigenvalue weighted by atomic mass is 10.1. The van der Waals surface area contributed by atoms with Crippen molar-refractivity contribution in [2.24, 2.45) is 0 Å². The van der Waals surface area contributed by atoms with Gasteiger partial charge in [0.2, 0.25) is 5.78 Å². The number of rotatable bonds is 6. The summed E-state index contributed by atoms with van der Waals surface area (Å²) in [4.78, 5) is 24.1. The molecule has 2 aromatic heterocycles. The Morgan fingerprint density at radius 3 is 2.52 bits per heavy atom. The minimum atomic E-state index is -0.355. The van der Waals surface area contributed by atoms with Crippen molar-refractivity contribution in [1.29, 1.82) is 0 Å². The fraction of sp³-hybridized carbons (Fsp3) is 0.0833. The number of hydrogen-bond acceptors (Lipinski definition) is 5. The summed E-state index contributed by atoms with van der Waals surface area (Å²) in [6, 6.07) is 19.7. The van der Waals surface area contributed by atoms with Gasteiger partial charge in [0.15, 0.2) is 5.76 Å². The fourth-order valence-corrected chi connectivity index (χ4v) is 2.93. The Bertz CT molecular complexity index is 1160. The molecule has 2 heterocycles. The Labute approximate surface area is 167 Å². The molecule has 2 aromatic carbocycles. The number of allylic oxidation sites excluding steroid dienone is 1. The molecule has 0 radical (unpaired) electrons. The van der Waals surface area contributed by atoms with Gasteiger partial charge in [0.05, 0.1) is 12.2 Å². The van der Waals surface area contributed by atoms with Gasteiger partial charge >= 0.3 is 5.97 Å². The van der Waals surface area contributed by atoms with E-state index in [0.29, 0.717) is 29.3 Å². The molecule has 144 valence electrons. The van der Waals surface area contributed by atoms with E-state index >= 15 is 0 Å². The molecule has 0 fully saturated rings. The summed E-state index contributed by atoms with van der Waals surface area (Å²) in [6.45, 7) is 2.10. The molecular formula is C24H18O5. The molecular weight excluding hydrogens is 368 g/mol. The van der Waals surface area contributed by atoms with Crippen LogP contribution in [-0.2, 0) is 4.74 Å². The van der Waals surface area contributed by atoms with E-state index in [0.717, 1.165) is 10.9 Å². The molecule has 0 atom stereocenters. The van der Waals surface area contributed by atoms with Crippen molar-refractivity contribution in [3.8, 4) is 11.3 Å². The molecule has 0 saturated heterocycles. The van der Waals surface area contributed by atoms with E-state index in [2.05, 4.69) is 0 Å². The van der Waals surface area contributed by atoms with Crippen molar-refractivity contribution >= 4 is 28.8 Å². The van der Waals surface area contributed by atoms with Crippen LogP contribution in [0.2, 0.25) is 0 Å². The Morgan fingerprint density at radius 1 is 0.966 bits per heavy atom. The number of hydrogen-bond donors (Lipinski definition) is 0. The lowest BCUT2D eigenvalue weighted by Gasteiger charge is -2.02. The van der Waals surface area contributed by atoms with E-state index in [1.54, 1.807) is 49.4 Å². The first-order valence-corrected chi connectivity index (χ1v) is 9.22. The standard InChI is InChI=1S/C24H18O5/c1-2-27-24(26)17-9-7-16(8-10-17)22-14-12-19(28-22)11-13-20(25)23-15-18-5-3-4-6-21(18)29-23/h3-15H,2H2,1H3/b13-11+. The van der Waals surface area contributed by atoms with Crippen molar-refractivity contribution in [2.75, 3.05) is 6.61 Å². The van der Waals surface area contributed by atoms with Crippen LogP contribution >= 0.6 is 0 Å². The van der Waals surface area contributed by atoms with Crippen LogP contribution in [-0.4, -0.2) is 18.4 Å². The van der Waals surface area contributed by atoms with Crippen molar-refractivity contribution in [3.63, 3.8) is 0 Å². The van der Waals surface area contributed by atoms with Gasteiger partial charge in [-0.3, -0.25) is 4.79 Å². The van der Waals surface area contributed by atoms with Gasteiger partial charge in [0.1, 0.15) is 17.1 Å². The fourth-order valence-electron chi connectivity index (χ4n) is 2.93. The molecule has 0 spiro atoms. The van der Waals surface area contributed by atoms with Crippen molar-refractivity contribution < 1.29 is 23.2 Å². The van der Waals surface area contributed by atoms with Gasteiger partial charge < -0.3 is 13.6 Å². The Kier molecular flexibility index (Phi) is 5.12. The largest absolute Gasteiger partial charge is 0.462 e. The highest BCUT2D eigenvalue weighted by Crippen LogP contribution is 2.24. The lowest BCUT2D eigenvalue weighted by molar-refractivity contribution is 0.0526. The second kappa shape index (κ2) is 8.02. The number of ether oxygens (including phenoxy) is 1. The van der Waals surface area contributed by atoms with Crippen LogP contribution in [0.15, 0.2) is 81.6 Å². The van der Waals surface area contributed by atoms with Crippen molar-refractivity contribution in [1.82, 2.24) is 0 Å². The Hall–Kier alpha value is -3.86. The first-order chi connectivity index (χ1) is 14.1. The second-order valence-corrected chi connectivity index (χ2v) is 6.35. The Balaban J connectivity index is 1.47. The zero-order valence-electron chi connectivity index (χ0n) is 15.8. The summed E-state index contributed by atoms with van der Waals surface area (Å²) in [6.07, 6.45) is 3.02. The van der Waals surface area contributed by atoms with E-state index in [4.69, 9.17) is 13.6 Å². The third-order valence-corrected chi connectivity index (χ3v) is 4.37. The van der Waals surface area contributed by atoms with Gasteiger partial charge in [-0.2, -0.15) is 0 Å². The normalized spacial score (nSPS) is 11.2. The second-order valence-electron chi connectivity index (χ2n) is 6.35. The molecule has 0 aliphatic heterocycles. The zero-order valence-corrected chi connectivity index (χ0v) is 15.8. The molecule has 4 rings (SSSR count). The average molecular weight is 386 g/mol. The van der Waals surface area contributed by atoms with Gasteiger partial charge in [-0.15, -0.1) is 0 Å². The minimum absolute atomic E-state index is 0.238. The highest BCUT2D eigenvalue weighted by Gasteiger charge is 2.11. The third kappa shape index (κ3) is 4.04. The maximum absolute atomic E-state index is 12.4. The molecule has 0 bridgehead atoms. The van der Waals surface area contributed by atoms with Gasteiger partial charge in [-0.05, 0) is 55.5 Å². The number of fused-ring (bicyclic) bond motifs is 1. The maximum atomic E-state index is 12.4. The molecule has 5 nitrogen and oxygen atoms in total. The summed E-state index contributed by atoms with van der Waals surface area (Å²) < 4.78 is 16.3. The van der Waals surface area contributed by atoms with Gasteiger partial charge in [-0.25, -0.2) is 4.79 Å². The van der Waals surface area contributed by atoms with E-state index < -0.39 is 0 Å². The third-order valence-electron chi connectivity index (χ3n) is 4.37. The molecule has 29 heavy (non-hydrogen) atoms. The highest BCUT2D eigenvalue weighted by molar-refractivity contribution is 6.06. The molecule has 0 aliphatic carbocycles.